The highest BCUT2D eigenvalue weighted by atomic mass is 35.5. The van der Waals surface area contributed by atoms with Gasteiger partial charge in [-0.3, -0.25) is 14.5 Å². The number of hydrogen-bond donors (Lipinski definition) is 0. The van der Waals surface area contributed by atoms with Crippen LogP contribution in [0.5, 0.6) is 0 Å². The molecule has 0 atom stereocenters. The lowest BCUT2D eigenvalue weighted by Crippen LogP contribution is -2.33. The largest absolute Gasteiger partial charge is 0.383 e. The molecule has 3 aromatic rings. The van der Waals surface area contributed by atoms with E-state index >= 15 is 0 Å². The molecule has 0 amide bonds. The molecule has 0 saturated carbocycles. The van der Waals surface area contributed by atoms with E-state index in [1.54, 1.807) is 7.11 Å². The Kier molecular flexibility index (Phi) is 5.89. The van der Waals surface area contributed by atoms with Gasteiger partial charge in [0.2, 0.25) is 0 Å². The number of methoxy groups -OCH3 is 1. The van der Waals surface area contributed by atoms with E-state index < -0.39 is 0 Å². The second-order valence-electron chi connectivity index (χ2n) is 8.26. The summed E-state index contributed by atoms with van der Waals surface area (Å²) in [6.45, 7) is 5.08. The van der Waals surface area contributed by atoms with Crippen molar-refractivity contribution in [3.63, 3.8) is 0 Å². The minimum atomic E-state index is 0.378. The van der Waals surface area contributed by atoms with Crippen molar-refractivity contribution in [3.8, 4) is 5.69 Å². The summed E-state index contributed by atoms with van der Waals surface area (Å²) in [6, 6.07) is 10.3. The van der Waals surface area contributed by atoms with Gasteiger partial charge in [0.1, 0.15) is 5.82 Å². The Morgan fingerprint density at radius 1 is 1.13 bits per heavy atom. The van der Waals surface area contributed by atoms with Crippen LogP contribution in [0.4, 0.5) is 5.69 Å². The number of anilines is 1. The van der Waals surface area contributed by atoms with Gasteiger partial charge in [-0.15, -0.1) is 10.2 Å². The lowest BCUT2D eigenvalue weighted by molar-refractivity contribution is 0.139. The van der Waals surface area contributed by atoms with Crippen LogP contribution in [0.2, 0.25) is 5.02 Å². The van der Waals surface area contributed by atoms with Crippen LogP contribution < -0.4 is 4.90 Å². The number of halogens is 1. The number of hydrogen-bond acceptors (Lipinski definition) is 6. The first kappa shape index (κ1) is 20.4. The number of nitrogens with zero attached hydrogens (tertiary/aromatic N) is 6. The molecule has 1 aromatic carbocycles. The fourth-order valence-corrected chi connectivity index (χ4v) is 4.87. The Hall–Kier alpha value is -2.48. The molecule has 4 heterocycles. The first-order valence-electron chi connectivity index (χ1n) is 10.8. The van der Waals surface area contributed by atoms with E-state index in [0.717, 1.165) is 67.9 Å². The van der Waals surface area contributed by atoms with Crippen LogP contribution in [0.1, 0.15) is 36.0 Å². The molecule has 0 unspecified atom stereocenters. The maximum absolute atomic E-state index is 6.35. The summed E-state index contributed by atoms with van der Waals surface area (Å²) < 4.78 is 7.59. The van der Waals surface area contributed by atoms with Crippen LogP contribution in [0, 0.1) is 0 Å². The Balaban J connectivity index is 1.43. The Morgan fingerprint density at radius 3 is 2.77 bits per heavy atom. The van der Waals surface area contributed by atoms with Gasteiger partial charge in [0.05, 0.1) is 30.7 Å². The second-order valence-corrected chi connectivity index (χ2v) is 8.70. The van der Waals surface area contributed by atoms with Crippen molar-refractivity contribution in [2.45, 2.75) is 31.8 Å². The summed E-state index contributed by atoms with van der Waals surface area (Å²) >= 11 is 6.35. The van der Waals surface area contributed by atoms with E-state index in [1.807, 2.05) is 24.5 Å². The minimum absolute atomic E-state index is 0.378. The van der Waals surface area contributed by atoms with Crippen molar-refractivity contribution in [2.24, 2.45) is 0 Å². The molecule has 31 heavy (non-hydrogen) atoms. The van der Waals surface area contributed by atoms with Crippen molar-refractivity contribution in [2.75, 3.05) is 38.3 Å². The first-order valence-corrected chi connectivity index (χ1v) is 11.2. The molecule has 1 fully saturated rings. The molecule has 8 heteroatoms. The summed E-state index contributed by atoms with van der Waals surface area (Å²) in [5.74, 6) is 2.43. The summed E-state index contributed by atoms with van der Waals surface area (Å²) in [6.07, 6.45) is 5.85. The average Bonchev–Trinajstić information content (AvgIpc) is 3.14. The van der Waals surface area contributed by atoms with Gasteiger partial charge < -0.3 is 9.64 Å². The van der Waals surface area contributed by atoms with Gasteiger partial charge in [-0.05, 0) is 48.7 Å². The van der Waals surface area contributed by atoms with Crippen LogP contribution >= 0.6 is 11.6 Å². The predicted octanol–water partition coefficient (Wildman–Crippen LogP) is 3.66. The quantitative estimate of drug-likeness (QED) is 0.605. The van der Waals surface area contributed by atoms with Crippen LogP contribution in [-0.2, 0) is 17.8 Å². The molecule has 5 rings (SSSR count). The SMILES string of the molecule is COCCN1Cc2cc(Cl)ccc2-n2c(nnc2C2CCN(c3cccnc3)CC2)C1. The fraction of sp³-hybridized carbons (Fsp3) is 0.435. The third kappa shape index (κ3) is 4.18. The standard InChI is InChI=1S/C23H27ClN6O/c1-31-12-11-28-15-18-13-19(24)4-5-21(18)30-22(16-28)26-27-23(30)17-6-9-29(10-7-17)20-3-2-8-25-14-20/h2-5,8,13-14,17H,6-7,9-12,15-16H2,1H3. The van der Waals surface area contributed by atoms with E-state index in [2.05, 4.69) is 47.7 Å². The zero-order chi connectivity index (χ0) is 21.2. The van der Waals surface area contributed by atoms with E-state index in [9.17, 15) is 0 Å². The summed E-state index contributed by atoms with van der Waals surface area (Å²) in [4.78, 5) is 9.02. The third-order valence-corrected chi connectivity index (χ3v) is 6.51. The molecular weight excluding hydrogens is 412 g/mol. The lowest BCUT2D eigenvalue weighted by atomic mass is 9.95. The maximum Gasteiger partial charge on any atom is 0.151 e. The van der Waals surface area contributed by atoms with Crippen LogP contribution in [0.3, 0.4) is 0 Å². The molecule has 2 aliphatic heterocycles. The zero-order valence-electron chi connectivity index (χ0n) is 17.7. The lowest BCUT2D eigenvalue weighted by Gasteiger charge is -2.33. The fourth-order valence-electron chi connectivity index (χ4n) is 4.67. The molecular formula is C23H27ClN6O. The highest BCUT2D eigenvalue weighted by Crippen LogP contribution is 2.34. The average molecular weight is 439 g/mol. The number of aromatic nitrogens is 4. The van der Waals surface area contributed by atoms with Gasteiger partial charge >= 0.3 is 0 Å². The van der Waals surface area contributed by atoms with Gasteiger partial charge in [-0.25, -0.2) is 0 Å². The Morgan fingerprint density at radius 2 is 2.00 bits per heavy atom. The van der Waals surface area contributed by atoms with E-state index in [-0.39, 0.29) is 0 Å². The molecule has 7 nitrogen and oxygen atoms in total. The molecule has 2 aromatic heterocycles. The molecule has 0 bridgehead atoms. The van der Waals surface area contributed by atoms with Crippen molar-refractivity contribution < 1.29 is 4.74 Å². The molecule has 162 valence electrons. The number of piperidine rings is 1. The van der Waals surface area contributed by atoms with Crippen LogP contribution in [0.25, 0.3) is 5.69 Å². The normalized spacial score (nSPS) is 17.3. The van der Waals surface area contributed by atoms with Crippen LogP contribution in [0.15, 0.2) is 42.7 Å². The summed E-state index contributed by atoms with van der Waals surface area (Å²) in [7, 11) is 1.74. The molecule has 0 N–H and O–H groups in total. The van der Waals surface area contributed by atoms with E-state index in [4.69, 9.17) is 16.3 Å². The second kappa shape index (κ2) is 8.94. The number of benzene rings is 1. The highest BCUT2D eigenvalue weighted by molar-refractivity contribution is 6.30. The molecule has 0 aliphatic carbocycles. The van der Waals surface area contributed by atoms with Gasteiger partial charge in [0.25, 0.3) is 0 Å². The molecule has 0 spiro atoms. The Bertz CT molecular complexity index is 1030. The van der Waals surface area contributed by atoms with Gasteiger partial charge in [-0.1, -0.05) is 11.6 Å². The van der Waals surface area contributed by atoms with Gasteiger partial charge in [0, 0.05) is 50.4 Å². The zero-order valence-corrected chi connectivity index (χ0v) is 18.5. The van der Waals surface area contributed by atoms with Crippen molar-refractivity contribution in [1.29, 1.82) is 0 Å². The van der Waals surface area contributed by atoms with Crippen molar-refractivity contribution in [1.82, 2.24) is 24.6 Å². The number of rotatable bonds is 5. The third-order valence-electron chi connectivity index (χ3n) is 6.28. The number of fused-ring (bicyclic) bond motifs is 3. The van der Waals surface area contributed by atoms with E-state index in [1.165, 1.54) is 11.3 Å². The molecule has 0 radical (unpaired) electrons. The maximum atomic E-state index is 6.35. The molecule has 1 saturated heterocycles. The molecule has 2 aliphatic rings. The highest BCUT2D eigenvalue weighted by Gasteiger charge is 2.30. The summed E-state index contributed by atoms with van der Waals surface area (Å²) in [5.41, 5.74) is 3.54. The van der Waals surface area contributed by atoms with Gasteiger partial charge in [0.15, 0.2) is 5.82 Å². The van der Waals surface area contributed by atoms with E-state index in [0.29, 0.717) is 12.5 Å². The first-order chi connectivity index (χ1) is 15.2. The number of ether oxygens (including phenoxy) is 1. The minimum Gasteiger partial charge on any atom is -0.383 e. The smallest absolute Gasteiger partial charge is 0.151 e. The number of pyridine rings is 1. The predicted molar refractivity (Wildman–Crippen MR) is 121 cm³/mol. The van der Waals surface area contributed by atoms with Gasteiger partial charge in [-0.2, -0.15) is 0 Å². The Labute approximate surface area is 187 Å². The topological polar surface area (TPSA) is 59.3 Å². The monoisotopic (exact) mass is 438 g/mol. The van der Waals surface area contributed by atoms with Crippen molar-refractivity contribution in [3.05, 3.63) is 65.0 Å². The summed E-state index contributed by atoms with van der Waals surface area (Å²) in [5, 5.41) is 10.1. The van der Waals surface area contributed by atoms with Crippen LogP contribution in [-0.4, -0.2) is 58.0 Å². The van der Waals surface area contributed by atoms with Crippen molar-refractivity contribution >= 4 is 17.3 Å².